The molecule has 2 N–H and O–H groups in total. The molecule has 8 rings (SSSR count). The van der Waals surface area contributed by atoms with Crippen LogP contribution in [-0.2, 0) is 17.8 Å². The molecule has 1 unspecified atom stereocenters. The Hall–Kier alpha value is -4.40. The Bertz CT molecular complexity index is 1820. The summed E-state index contributed by atoms with van der Waals surface area (Å²) in [7, 11) is 0. The van der Waals surface area contributed by atoms with Crippen molar-refractivity contribution >= 4 is 28.2 Å². The van der Waals surface area contributed by atoms with E-state index in [1.807, 2.05) is 0 Å². The number of hydrogen-bond acceptors (Lipinski definition) is 9. The molecule has 0 radical (unpaired) electrons. The number of terminal acetylenes is 1. The lowest BCUT2D eigenvalue weighted by atomic mass is 9.95. The number of hydrogen-bond donors (Lipinski definition) is 2. The lowest BCUT2D eigenvalue weighted by Crippen LogP contribution is -2.57. The largest absolute Gasteiger partial charge is 0.508 e. The van der Waals surface area contributed by atoms with Gasteiger partial charge in [-0.3, -0.25) is 9.69 Å². The molecule has 4 saturated heterocycles. The number of aliphatic hydroxyl groups excluding tert-OH is 1. The number of aromatic hydroxyl groups is 1. The first-order valence-corrected chi connectivity index (χ1v) is 16.6. The van der Waals surface area contributed by atoms with Gasteiger partial charge in [0.15, 0.2) is 0 Å². The zero-order valence-electron chi connectivity index (χ0n) is 26.4. The molecule has 1 amide bonds. The van der Waals surface area contributed by atoms with Crippen molar-refractivity contribution in [1.29, 1.82) is 0 Å². The minimum atomic E-state index is -0.627. The maximum Gasteiger partial charge on any atom is 0.318 e. The SMILES string of the molecule is C#Cc1c(F)ccc2cc(O)cc(N3CCc4c(nc(OCC56CCCN5CCC6)nc4N4C[C@H]5CC(O)[C@@H](C4)N5C(=O)C=C)C3)c12. The molecule has 4 fully saturated rings. The molecule has 11 heteroatoms. The molecule has 0 spiro atoms. The van der Waals surface area contributed by atoms with E-state index in [2.05, 4.69) is 27.2 Å². The molecule has 0 aliphatic carbocycles. The Balaban J connectivity index is 1.17. The van der Waals surface area contributed by atoms with Crippen molar-refractivity contribution in [3.8, 4) is 24.1 Å². The van der Waals surface area contributed by atoms with Gasteiger partial charge in [0.1, 0.15) is 24.0 Å². The number of halogens is 1. The molecule has 2 bridgehead atoms. The molecule has 0 saturated carbocycles. The number of carbonyl (C=O) groups excluding carboxylic acids is 1. The summed E-state index contributed by atoms with van der Waals surface area (Å²) in [6, 6.07) is 5.97. The van der Waals surface area contributed by atoms with E-state index in [1.54, 1.807) is 23.1 Å². The summed E-state index contributed by atoms with van der Waals surface area (Å²) in [5.41, 5.74) is 2.59. The van der Waals surface area contributed by atoms with Gasteiger partial charge in [0.05, 0.1) is 41.5 Å². The minimum Gasteiger partial charge on any atom is -0.508 e. The molecule has 5 aliphatic rings. The highest BCUT2D eigenvalue weighted by molar-refractivity contribution is 6.00. The summed E-state index contributed by atoms with van der Waals surface area (Å²) in [6.07, 6.45) is 12.1. The maximum absolute atomic E-state index is 14.9. The van der Waals surface area contributed by atoms with Crippen LogP contribution in [0, 0.1) is 18.2 Å². The number of nitrogens with zero attached hydrogens (tertiary/aromatic N) is 6. The van der Waals surface area contributed by atoms with Gasteiger partial charge in [-0.25, -0.2) is 4.39 Å². The highest BCUT2D eigenvalue weighted by Gasteiger charge is 2.48. The number of benzene rings is 2. The van der Waals surface area contributed by atoms with Crippen LogP contribution in [0.1, 0.15) is 48.9 Å². The van der Waals surface area contributed by atoms with E-state index in [0.717, 1.165) is 55.8 Å². The summed E-state index contributed by atoms with van der Waals surface area (Å²) >= 11 is 0. The Labute approximate surface area is 273 Å². The van der Waals surface area contributed by atoms with E-state index < -0.39 is 11.9 Å². The standard InChI is InChI=1S/C36H39FN6O4/c1-3-25-27(37)8-7-22-15-24(44)17-29(33(22)25)40-14-9-26-28(19-40)38-35(47-21-36-10-5-12-42(36)13-6-11-36)39-34(26)41-18-23-16-31(45)30(20-41)43(23)32(46)4-2/h1,4,7-8,15,17,23,30-31,44-45H,2,5-6,9-14,16,18-21H2/t23-,30-,31?/m1/s1. The van der Waals surface area contributed by atoms with Gasteiger partial charge in [0.25, 0.3) is 0 Å². The van der Waals surface area contributed by atoms with Gasteiger partial charge in [-0.15, -0.1) is 6.42 Å². The topological polar surface area (TPSA) is 106 Å². The second-order valence-electron chi connectivity index (χ2n) is 13.6. The van der Waals surface area contributed by atoms with Gasteiger partial charge >= 0.3 is 6.01 Å². The number of phenols is 1. The zero-order chi connectivity index (χ0) is 32.4. The van der Waals surface area contributed by atoms with Crippen molar-refractivity contribution < 1.29 is 24.1 Å². The van der Waals surface area contributed by atoms with Gasteiger partial charge in [-0.05, 0) is 75.2 Å². The van der Waals surface area contributed by atoms with Crippen molar-refractivity contribution in [1.82, 2.24) is 19.8 Å². The first kappa shape index (κ1) is 30.0. The fourth-order valence-electron chi connectivity index (χ4n) is 8.93. The fraction of sp³-hybridized carbons (Fsp3) is 0.472. The molecule has 6 heterocycles. The van der Waals surface area contributed by atoms with Crippen LogP contribution in [0.5, 0.6) is 11.8 Å². The lowest BCUT2D eigenvalue weighted by molar-refractivity contribution is -0.130. The molecule has 47 heavy (non-hydrogen) atoms. The number of rotatable bonds is 6. The summed E-state index contributed by atoms with van der Waals surface area (Å²) in [5.74, 6) is 2.70. The van der Waals surface area contributed by atoms with Crippen LogP contribution in [0.2, 0.25) is 0 Å². The smallest absolute Gasteiger partial charge is 0.318 e. The van der Waals surface area contributed by atoms with Crippen molar-refractivity contribution in [2.75, 3.05) is 49.1 Å². The third-order valence-electron chi connectivity index (χ3n) is 11.1. The second kappa shape index (κ2) is 11.4. The van der Waals surface area contributed by atoms with E-state index in [4.69, 9.17) is 21.1 Å². The average Bonchev–Trinajstić information content (AvgIpc) is 3.71. The third kappa shape index (κ3) is 4.88. The van der Waals surface area contributed by atoms with Crippen LogP contribution in [0.15, 0.2) is 36.9 Å². The Morgan fingerprint density at radius 2 is 1.98 bits per heavy atom. The van der Waals surface area contributed by atoms with Gasteiger partial charge in [-0.1, -0.05) is 18.6 Å². The van der Waals surface area contributed by atoms with Crippen LogP contribution in [-0.4, -0.2) is 98.9 Å². The van der Waals surface area contributed by atoms with E-state index in [9.17, 15) is 19.4 Å². The Kier molecular flexibility index (Phi) is 7.26. The van der Waals surface area contributed by atoms with E-state index >= 15 is 0 Å². The predicted octanol–water partition coefficient (Wildman–Crippen LogP) is 3.36. The summed E-state index contributed by atoms with van der Waals surface area (Å²) in [4.78, 5) is 31.3. The molecular weight excluding hydrogens is 599 g/mol. The van der Waals surface area contributed by atoms with E-state index in [1.165, 1.54) is 12.1 Å². The fourth-order valence-corrected chi connectivity index (χ4v) is 8.93. The lowest BCUT2D eigenvalue weighted by Gasteiger charge is -2.42. The summed E-state index contributed by atoms with van der Waals surface area (Å²) < 4.78 is 21.4. The van der Waals surface area contributed by atoms with Crippen molar-refractivity contribution in [3.63, 3.8) is 0 Å². The molecule has 3 aromatic rings. The van der Waals surface area contributed by atoms with Gasteiger partial charge in [0.2, 0.25) is 5.91 Å². The predicted molar refractivity (Wildman–Crippen MR) is 176 cm³/mol. The van der Waals surface area contributed by atoms with Crippen LogP contribution in [0.3, 0.4) is 0 Å². The van der Waals surface area contributed by atoms with Crippen LogP contribution in [0.4, 0.5) is 15.9 Å². The molecule has 10 nitrogen and oxygen atoms in total. The molecule has 5 aliphatic heterocycles. The van der Waals surface area contributed by atoms with Crippen LogP contribution in [0.25, 0.3) is 10.8 Å². The molecule has 1 aromatic heterocycles. The zero-order valence-corrected chi connectivity index (χ0v) is 26.4. The number of amides is 1. The normalized spacial score (nSPS) is 24.7. The minimum absolute atomic E-state index is 0.0154. The van der Waals surface area contributed by atoms with Crippen LogP contribution < -0.4 is 14.5 Å². The quantitative estimate of drug-likeness (QED) is 0.311. The van der Waals surface area contributed by atoms with Crippen molar-refractivity contribution in [3.05, 3.63) is 59.6 Å². The van der Waals surface area contributed by atoms with Gasteiger partial charge in [0, 0.05) is 42.3 Å². The first-order valence-electron chi connectivity index (χ1n) is 16.6. The number of aliphatic hydroxyl groups is 1. The van der Waals surface area contributed by atoms with Crippen molar-refractivity contribution in [2.45, 2.75) is 68.8 Å². The number of ether oxygens (including phenoxy) is 1. The second-order valence-corrected chi connectivity index (χ2v) is 13.6. The van der Waals surface area contributed by atoms with Gasteiger partial charge < -0.3 is 29.6 Å². The molecule has 3 atom stereocenters. The molecule has 244 valence electrons. The monoisotopic (exact) mass is 638 g/mol. The number of phenolic OH excluding ortho intramolecular Hbond substituents is 1. The number of fused-ring (bicyclic) bond motifs is 5. The van der Waals surface area contributed by atoms with Crippen molar-refractivity contribution in [2.24, 2.45) is 0 Å². The summed E-state index contributed by atoms with van der Waals surface area (Å²) in [5, 5.41) is 22.8. The number of carbonyl (C=O) groups is 1. The van der Waals surface area contributed by atoms with Crippen LogP contribution >= 0.6 is 0 Å². The number of aromatic nitrogens is 2. The van der Waals surface area contributed by atoms with Gasteiger partial charge in [-0.2, -0.15) is 9.97 Å². The summed E-state index contributed by atoms with van der Waals surface area (Å²) in [6.45, 7) is 8.27. The number of anilines is 2. The number of piperazine rings is 1. The van der Waals surface area contributed by atoms with E-state index in [-0.39, 0.29) is 34.8 Å². The first-order chi connectivity index (χ1) is 22.8. The Morgan fingerprint density at radius 3 is 2.72 bits per heavy atom. The molecular formula is C36H39FN6O4. The molecule has 2 aromatic carbocycles. The third-order valence-corrected chi connectivity index (χ3v) is 11.1. The Morgan fingerprint density at radius 1 is 1.17 bits per heavy atom. The maximum atomic E-state index is 14.9. The van der Waals surface area contributed by atoms with E-state index in [0.29, 0.717) is 68.1 Å². The highest BCUT2D eigenvalue weighted by atomic mass is 19.1. The average molecular weight is 639 g/mol. The highest BCUT2D eigenvalue weighted by Crippen LogP contribution is 2.42.